The minimum absolute atomic E-state index is 0.124. The number of hydrogen-bond donors (Lipinski definition) is 1. The zero-order valence-electron chi connectivity index (χ0n) is 13.8. The van der Waals surface area contributed by atoms with Crippen LogP contribution < -0.4 is 14.8 Å². The lowest BCUT2D eigenvalue weighted by Crippen LogP contribution is -2.46. The van der Waals surface area contributed by atoms with Crippen molar-refractivity contribution in [1.29, 1.82) is 0 Å². The number of nitrogens with zero attached hydrogens (tertiary/aromatic N) is 2. The van der Waals surface area contributed by atoms with Crippen LogP contribution in [0.5, 0.6) is 11.5 Å². The van der Waals surface area contributed by atoms with E-state index in [1.54, 1.807) is 37.3 Å². The van der Waals surface area contributed by atoms with Crippen LogP contribution in [-0.4, -0.2) is 63.3 Å². The molecule has 22 heavy (non-hydrogen) atoms. The second kappa shape index (κ2) is 7.35. The van der Waals surface area contributed by atoms with Gasteiger partial charge in [-0.25, -0.2) is 4.79 Å². The van der Waals surface area contributed by atoms with E-state index >= 15 is 0 Å². The molecule has 1 aromatic carbocycles. The number of methoxy groups -OCH3 is 2. The van der Waals surface area contributed by atoms with Crippen molar-refractivity contribution in [3.05, 3.63) is 18.2 Å². The fourth-order valence-electron chi connectivity index (χ4n) is 2.66. The average Bonchev–Trinajstić information content (AvgIpc) is 2.54. The van der Waals surface area contributed by atoms with E-state index in [0.717, 1.165) is 25.9 Å². The predicted octanol–water partition coefficient (Wildman–Crippen LogP) is 2.26. The first-order valence-corrected chi connectivity index (χ1v) is 7.49. The first-order chi connectivity index (χ1) is 10.5. The molecule has 0 atom stereocenters. The molecule has 1 aromatic rings. The number of hydrogen-bond acceptors (Lipinski definition) is 4. The van der Waals surface area contributed by atoms with E-state index in [1.807, 2.05) is 7.05 Å². The van der Waals surface area contributed by atoms with Crippen LogP contribution in [0.3, 0.4) is 0 Å². The second-order valence-corrected chi connectivity index (χ2v) is 5.64. The molecule has 0 spiro atoms. The molecule has 2 rings (SSSR count). The molecule has 0 aromatic heterocycles. The topological polar surface area (TPSA) is 54.0 Å². The number of carbonyl (C=O) groups excluding carboxylic acids is 1. The van der Waals surface area contributed by atoms with Crippen LogP contribution in [0.25, 0.3) is 0 Å². The zero-order chi connectivity index (χ0) is 16.1. The summed E-state index contributed by atoms with van der Waals surface area (Å²) in [6, 6.07) is 5.49. The quantitative estimate of drug-likeness (QED) is 0.927. The fraction of sp³-hybridized carbons (Fsp3) is 0.562. The monoisotopic (exact) mass is 307 g/mol. The van der Waals surface area contributed by atoms with Gasteiger partial charge in [0.15, 0.2) is 0 Å². The predicted molar refractivity (Wildman–Crippen MR) is 86.8 cm³/mol. The molecule has 1 aliphatic rings. The Morgan fingerprint density at radius 2 is 1.95 bits per heavy atom. The molecule has 1 fully saturated rings. The molecule has 1 aliphatic heterocycles. The van der Waals surface area contributed by atoms with Crippen molar-refractivity contribution in [2.45, 2.75) is 18.9 Å². The van der Waals surface area contributed by atoms with Gasteiger partial charge in [0.25, 0.3) is 0 Å². The first-order valence-electron chi connectivity index (χ1n) is 7.49. The summed E-state index contributed by atoms with van der Waals surface area (Å²) in [6.07, 6.45) is 1.99. The van der Waals surface area contributed by atoms with Crippen molar-refractivity contribution in [2.24, 2.45) is 0 Å². The van der Waals surface area contributed by atoms with Crippen LogP contribution in [0.1, 0.15) is 12.8 Å². The van der Waals surface area contributed by atoms with Crippen molar-refractivity contribution in [1.82, 2.24) is 9.80 Å². The van der Waals surface area contributed by atoms with Crippen molar-refractivity contribution >= 4 is 11.7 Å². The Morgan fingerprint density at radius 3 is 2.55 bits per heavy atom. The number of rotatable bonds is 4. The molecule has 0 aliphatic carbocycles. The standard InChI is InChI=1S/C16H25N3O3/c1-18-9-7-12(8-10-18)19(2)16(20)17-14-11-13(21-3)5-6-15(14)22-4/h5-6,11-12H,7-10H2,1-4H3,(H,17,20). The van der Waals surface area contributed by atoms with E-state index in [9.17, 15) is 4.79 Å². The summed E-state index contributed by atoms with van der Waals surface area (Å²) in [5.41, 5.74) is 0.617. The summed E-state index contributed by atoms with van der Waals surface area (Å²) in [6.45, 7) is 2.04. The highest BCUT2D eigenvalue weighted by Gasteiger charge is 2.24. The van der Waals surface area contributed by atoms with Crippen molar-refractivity contribution < 1.29 is 14.3 Å². The van der Waals surface area contributed by atoms with Gasteiger partial charge in [-0.15, -0.1) is 0 Å². The molecule has 6 nitrogen and oxygen atoms in total. The number of nitrogens with one attached hydrogen (secondary N) is 1. The molecule has 1 saturated heterocycles. The molecule has 6 heteroatoms. The summed E-state index contributed by atoms with van der Waals surface area (Å²) in [5, 5.41) is 2.91. The summed E-state index contributed by atoms with van der Waals surface area (Å²) in [5.74, 6) is 1.30. The number of amides is 2. The number of carbonyl (C=O) groups is 1. The number of benzene rings is 1. The lowest BCUT2D eigenvalue weighted by Gasteiger charge is -2.35. The summed E-state index contributed by atoms with van der Waals surface area (Å²) in [7, 11) is 7.13. The lowest BCUT2D eigenvalue weighted by molar-refractivity contribution is 0.156. The van der Waals surface area contributed by atoms with E-state index in [0.29, 0.717) is 17.2 Å². The Labute approximate surface area is 132 Å². The molecule has 0 saturated carbocycles. The van der Waals surface area contributed by atoms with E-state index in [-0.39, 0.29) is 12.1 Å². The lowest BCUT2D eigenvalue weighted by atomic mass is 10.0. The highest BCUT2D eigenvalue weighted by Crippen LogP contribution is 2.29. The molecule has 1 N–H and O–H groups in total. The third-order valence-electron chi connectivity index (χ3n) is 4.20. The van der Waals surface area contributed by atoms with Gasteiger partial charge in [0.2, 0.25) is 0 Å². The van der Waals surface area contributed by atoms with Gasteiger partial charge in [0.1, 0.15) is 11.5 Å². The van der Waals surface area contributed by atoms with Gasteiger partial charge in [-0.3, -0.25) is 0 Å². The number of ether oxygens (including phenoxy) is 2. The SMILES string of the molecule is COc1ccc(OC)c(NC(=O)N(C)C2CCN(C)CC2)c1. The summed E-state index contributed by atoms with van der Waals surface area (Å²) in [4.78, 5) is 16.5. The number of urea groups is 1. The van der Waals surface area contributed by atoms with Crippen LogP contribution in [0.4, 0.5) is 10.5 Å². The van der Waals surface area contributed by atoms with Gasteiger partial charge >= 0.3 is 6.03 Å². The van der Waals surface area contributed by atoms with Gasteiger partial charge in [-0.1, -0.05) is 0 Å². The number of piperidine rings is 1. The normalized spacial score (nSPS) is 16.2. The molecule has 2 amide bonds. The molecular formula is C16H25N3O3. The van der Waals surface area contributed by atoms with Crippen LogP contribution in [0.15, 0.2) is 18.2 Å². The zero-order valence-corrected chi connectivity index (χ0v) is 13.8. The smallest absolute Gasteiger partial charge is 0.321 e. The Kier molecular flexibility index (Phi) is 5.49. The van der Waals surface area contributed by atoms with E-state index < -0.39 is 0 Å². The molecule has 0 bridgehead atoms. The molecule has 1 heterocycles. The number of anilines is 1. The Hall–Kier alpha value is -1.95. The maximum atomic E-state index is 12.5. The van der Waals surface area contributed by atoms with Gasteiger partial charge in [0, 0.05) is 19.2 Å². The van der Waals surface area contributed by atoms with Crippen molar-refractivity contribution in [3.63, 3.8) is 0 Å². The highest BCUT2D eigenvalue weighted by molar-refractivity contribution is 5.91. The molecule has 0 radical (unpaired) electrons. The van der Waals surface area contributed by atoms with Gasteiger partial charge in [-0.05, 0) is 45.1 Å². The maximum Gasteiger partial charge on any atom is 0.321 e. The van der Waals surface area contributed by atoms with Crippen molar-refractivity contribution in [3.8, 4) is 11.5 Å². The first kappa shape index (κ1) is 16.4. The van der Waals surface area contributed by atoms with Crippen molar-refractivity contribution in [2.75, 3.05) is 46.7 Å². The largest absolute Gasteiger partial charge is 0.497 e. The van der Waals surface area contributed by atoms with Gasteiger partial charge < -0.3 is 24.6 Å². The molecular weight excluding hydrogens is 282 g/mol. The van der Waals surface area contributed by atoms with E-state index in [1.165, 1.54) is 0 Å². The Balaban J connectivity index is 2.04. The average molecular weight is 307 g/mol. The minimum Gasteiger partial charge on any atom is -0.497 e. The highest BCUT2D eigenvalue weighted by atomic mass is 16.5. The number of likely N-dealkylation sites (tertiary alicyclic amines) is 1. The van der Waals surface area contributed by atoms with Crippen LogP contribution in [0.2, 0.25) is 0 Å². The minimum atomic E-state index is -0.124. The second-order valence-electron chi connectivity index (χ2n) is 5.64. The Morgan fingerprint density at radius 1 is 1.27 bits per heavy atom. The summed E-state index contributed by atoms with van der Waals surface area (Å²) < 4.78 is 10.5. The fourth-order valence-corrected chi connectivity index (χ4v) is 2.66. The molecule has 0 unspecified atom stereocenters. The van der Waals surface area contributed by atoms with Crippen LogP contribution >= 0.6 is 0 Å². The molecule has 122 valence electrons. The third-order valence-corrected chi connectivity index (χ3v) is 4.20. The van der Waals surface area contributed by atoms with E-state index in [4.69, 9.17) is 9.47 Å². The van der Waals surface area contributed by atoms with Crippen LogP contribution in [0, 0.1) is 0 Å². The maximum absolute atomic E-state index is 12.5. The van der Waals surface area contributed by atoms with Gasteiger partial charge in [0.05, 0.1) is 19.9 Å². The van der Waals surface area contributed by atoms with Crippen LogP contribution in [-0.2, 0) is 0 Å². The third kappa shape index (κ3) is 3.82. The summed E-state index contributed by atoms with van der Waals surface area (Å²) >= 11 is 0. The van der Waals surface area contributed by atoms with Gasteiger partial charge in [-0.2, -0.15) is 0 Å². The van der Waals surface area contributed by atoms with E-state index in [2.05, 4.69) is 17.3 Å². The Bertz CT molecular complexity index is 513.